The number of carbonyl (C=O) groups is 1. The zero-order chi connectivity index (χ0) is 14.3. The van der Waals surface area contributed by atoms with Gasteiger partial charge in [0.1, 0.15) is 5.75 Å². The molecule has 0 aliphatic rings. The molecule has 114 valence electrons. The van der Waals surface area contributed by atoms with Gasteiger partial charge >= 0.3 is 6.61 Å². The Bertz CT molecular complexity index is 419. The maximum atomic E-state index is 12.2. The highest BCUT2D eigenvalue weighted by Gasteiger charge is 2.12. The summed E-state index contributed by atoms with van der Waals surface area (Å²) in [5, 5.41) is 5.70. The third-order valence-corrected chi connectivity index (χ3v) is 2.64. The summed E-state index contributed by atoms with van der Waals surface area (Å²) in [5.74, 6) is -0.193. The molecule has 0 bridgehead atoms. The Morgan fingerprint density at radius 1 is 1.35 bits per heavy atom. The molecule has 1 aromatic rings. The van der Waals surface area contributed by atoms with Crippen molar-refractivity contribution in [1.29, 1.82) is 0 Å². The molecule has 0 saturated heterocycles. The molecule has 0 saturated carbocycles. The van der Waals surface area contributed by atoms with E-state index in [2.05, 4.69) is 15.4 Å². The number of likely N-dealkylation sites (N-methyl/N-ethyl adjacent to an activating group) is 1. The summed E-state index contributed by atoms with van der Waals surface area (Å²) < 4.78 is 28.8. The third-order valence-electron chi connectivity index (χ3n) is 2.64. The van der Waals surface area contributed by atoms with E-state index in [1.165, 1.54) is 6.07 Å². The summed E-state index contributed by atoms with van der Waals surface area (Å²) in [4.78, 5) is 11.7. The first-order valence-electron chi connectivity index (χ1n) is 5.99. The van der Waals surface area contributed by atoms with Crippen LogP contribution in [0, 0.1) is 0 Å². The molecule has 0 aliphatic carbocycles. The highest BCUT2D eigenvalue weighted by atomic mass is 35.5. The molecule has 0 fully saturated rings. The Morgan fingerprint density at radius 2 is 2.00 bits per heavy atom. The molecule has 0 aromatic heterocycles. The van der Waals surface area contributed by atoms with Gasteiger partial charge < -0.3 is 15.4 Å². The molecular formula is C13H19ClF2N2O2. The van der Waals surface area contributed by atoms with Crippen LogP contribution >= 0.6 is 12.4 Å². The van der Waals surface area contributed by atoms with Gasteiger partial charge in [-0.25, -0.2) is 0 Å². The molecule has 1 aromatic carbocycles. The van der Waals surface area contributed by atoms with Crippen molar-refractivity contribution in [3.05, 3.63) is 29.8 Å². The van der Waals surface area contributed by atoms with Gasteiger partial charge in [0.05, 0.1) is 6.42 Å². The molecule has 0 radical (unpaired) electrons. The minimum atomic E-state index is -2.89. The van der Waals surface area contributed by atoms with Gasteiger partial charge in [-0.1, -0.05) is 18.2 Å². The van der Waals surface area contributed by atoms with Crippen LogP contribution in [0.1, 0.15) is 12.5 Å². The predicted octanol–water partition coefficient (Wildman–Crippen LogP) is 1.98. The molecule has 0 heterocycles. The fourth-order valence-corrected chi connectivity index (χ4v) is 1.47. The topological polar surface area (TPSA) is 50.4 Å². The van der Waals surface area contributed by atoms with Crippen molar-refractivity contribution in [1.82, 2.24) is 10.6 Å². The monoisotopic (exact) mass is 308 g/mol. The largest absolute Gasteiger partial charge is 0.435 e. The smallest absolute Gasteiger partial charge is 0.387 e. The van der Waals surface area contributed by atoms with Crippen molar-refractivity contribution in [3.8, 4) is 5.75 Å². The minimum absolute atomic E-state index is 0. The van der Waals surface area contributed by atoms with E-state index in [9.17, 15) is 13.6 Å². The summed E-state index contributed by atoms with van der Waals surface area (Å²) in [6, 6.07) is 6.43. The van der Waals surface area contributed by atoms with Crippen LogP contribution < -0.4 is 15.4 Å². The van der Waals surface area contributed by atoms with Gasteiger partial charge in [-0.2, -0.15) is 8.78 Å². The van der Waals surface area contributed by atoms with E-state index in [-0.39, 0.29) is 36.5 Å². The van der Waals surface area contributed by atoms with Crippen LogP contribution in [0.2, 0.25) is 0 Å². The predicted molar refractivity (Wildman–Crippen MR) is 75.6 cm³/mol. The number of ether oxygens (including phenoxy) is 1. The van der Waals surface area contributed by atoms with Crippen LogP contribution in [0.5, 0.6) is 5.75 Å². The van der Waals surface area contributed by atoms with Gasteiger partial charge in [-0.05, 0) is 20.0 Å². The molecule has 0 aliphatic heterocycles. The number of hydrogen-bond donors (Lipinski definition) is 2. The van der Waals surface area contributed by atoms with Crippen LogP contribution in [0.15, 0.2) is 24.3 Å². The van der Waals surface area contributed by atoms with Crippen molar-refractivity contribution in [2.24, 2.45) is 0 Å². The van der Waals surface area contributed by atoms with Crippen molar-refractivity contribution in [2.75, 3.05) is 13.6 Å². The highest BCUT2D eigenvalue weighted by molar-refractivity contribution is 5.85. The molecule has 0 spiro atoms. The van der Waals surface area contributed by atoms with E-state index in [0.29, 0.717) is 12.1 Å². The van der Waals surface area contributed by atoms with Gasteiger partial charge in [0.15, 0.2) is 0 Å². The lowest BCUT2D eigenvalue weighted by atomic mass is 10.1. The third kappa shape index (κ3) is 6.68. The fraction of sp³-hybridized carbons (Fsp3) is 0.462. The second-order valence-corrected chi connectivity index (χ2v) is 4.16. The molecule has 2 N–H and O–H groups in total. The fourth-order valence-electron chi connectivity index (χ4n) is 1.47. The second kappa shape index (κ2) is 9.50. The SMILES string of the molecule is CNC(C)CNC(=O)Cc1ccccc1OC(F)F.Cl. The summed E-state index contributed by atoms with van der Waals surface area (Å²) >= 11 is 0. The van der Waals surface area contributed by atoms with Crippen LogP contribution in [0.25, 0.3) is 0 Å². The maximum absolute atomic E-state index is 12.2. The van der Waals surface area contributed by atoms with Crippen molar-refractivity contribution < 1.29 is 18.3 Å². The number of nitrogens with one attached hydrogen (secondary N) is 2. The Balaban J connectivity index is 0.00000361. The number of amides is 1. The number of alkyl halides is 2. The Labute approximate surface area is 123 Å². The zero-order valence-electron chi connectivity index (χ0n) is 11.4. The van der Waals surface area contributed by atoms with E-state index in [0.717, 1.165) is 0 Å². The van der Waals surface area contributed by atoms with Crippen molar-refractivity contribution in [3.63, 3.8) is 0 Å². The van der Waals surface area contributed by atoms with Gasteiger partial charge in [-0.15, -0.1) is 12.4 Å². The van der Waals surface area contributed by atoms with E-state index < -0.39 is 6.61 Å². The second-order valence-electron chi connectivity index (χ2n) is 4.16. The minimum Gasteiger partial charge on any atom is -0.435 e. The molecule has 1 unspecified atom stereocenters. The van der Waals surface area contributed by atoms with Crippen LogP contribution in [0.3, 0.4) is 0 Å². The average Bonchev–Trinajstić information content (AvgIpc) is 2.37. The first-order valence-corrected chi connectivity index (χ1v) is 5.99. The Morgan fingerprint density at radius 3 is 2.60 bits per heavy atom. The first-order chi connectivity index (χ1) is 9.02. The molecule has 4 nitrogen and oxygen atoms in total. The van der Waals surface area contributed by atoms with Gasteiger partial charge in [0.25, 0.3) is 0 Å². The number of benzene rings is 1. The lowest BCUT2D eigenvalue weighted by Crippen LogP contribution is -2.37. The molecular weight excluding hydrogens is 290 g/mol. The molecule has 1 amide bonds. The summed E-state index contributed by atoms with van der Waals surface area (Å²) in [7, 11) is 1.79. The van der Waals surface area contributed by atoms with Gasteiger partial charge in [0.2, 0.25) is 5.91 Å². The van der Waals surface area contributed by atoms with Crippen LogP contribution in [-0.2, 0) is 11.2 Å². The highest BCUT2D eigenvalue weighted by Crippen LogP contribution is 2.20. The summed E-state index contributed by atoms with van der Waals surface area (Å²) in [5.41, 5.74) is 0.442. The first kappa shape index (κ1) is 18.6. The molecule has 1 rings (SSSR count). The van der Waals surface area contributed by atoms with E-state index in [4.69, 9.17) is 0 Å². The van der Waals surface area contributed by atoms with Crippen molar-refractivity contribution >= 4 is 18.3 Å². The molecule has 7 heteroatoms. The quantitative estimate of drug-likeness (QED) is 0.810. The average molecular weight is 309 g/mol. The lowest BCUT2D eigenvalue weighted by molar-refractivity contribution is -0.120. The Kier molecular flexibility index (Phi) is 8.83. The maximum Gasteiger partial charge on any atom is 0.387 e. The van der Waals surface area contributed by atoms with Crippen LogP contribution in [-0.4, -0.2) is 32.2 Å². The number of para-hydroxylation sites is 1. The number of halogens is 3. The zero-order valence-corrected chi connectivity index (χ0v) is 12.2. The van der Waals surface area contributed by atoms with E-state index >= 15 is 0 Å². The Hall–Kier alpha value is -1.40. The summed E-state index contributed by atoms with van der Waals surface area (Å²) in [6.07, 6.45) is 0.0132. The normalized spacial score (nSPS) is 11.7. The molecule has 20 heavy (non-hydrogen) atoms. The van der Waals surface area contributed by atoms with Crippen LogP contribution in [0.4, 0.5) is 8.78 Å². The van der Waals surface area contributed by atoms with Crippen molar-refractivity contribution in [2.45, 2.75) is 26.0 Å². The van der Waals surface area contributed by atoms with E-state index in [1.54, 1.807) is 25.2 Å². The summed E-state index contributed by atoms with van der Waals surface area (Å²) in [6.45, 7) is -0.491. The number of hydrogen-bond acceptors (Lipinski definition) is 3. The van der Waals surface area contributed by atoms with Gasteiger partial charge in [-0.3, -0.25) is 4.79 Å². The lowest BCUT2D eigenvalue weighted by Gasteiger charge is -2.13. The molecule has 1 atom stereocenters. The number of carbonyl (C=O) groups excluding carboxylic acids is 1. The number of rotatable bonds is 7. The van der Waals surface area contributed by atoms with Gasteiger partial charge in [0, 0.05) is 18.2 Å². The standard InChI is InChI=1S/C13H18F2N2O2.ClH/c1-9(16-2)8-17-12(18)7-10-5-3-4-6-11(10)19-13(14)15;/h3-6,9,13,16H,7-8H2,1-2H3,(H,17,18);1H. The van der Waals surface area contributed by atoms with E-state index in [1.807, 2.05) is 6.92 Å².